The van der Waals surface area contributed by atoms with Crippen LogP contribution < -0.4 is 37.8 Å². The Morgan fingerprint density at radius 3 is 1.96 bits per heavy atom. The van der Waals surface area contributed by atoms with E-state index in [1.54, 1.807) is 0 Å². The molecule has 16 atom stereocenters. The van der Waals surface area contributed by atoms with Crippen LogP contribution in [0.25, 0.3) is 33.5 Å². The number of fused-ring (bicyclic) bond motifs is 3. The number of imidazole rings is 3. The van der Waals surface area contributed by atoms with Gasteiger partial charge in [-0.15, -0.1) is 0 Å². The summed E-state index contributed by atoms with van der Waals surface area (Å²) in [6.45, 7) is -2.15. The van der Waals surface area contributed by atoms with Crippen molar-refractivity contribution in [2.45, 2.75) is 79.9 Å². The number of aromatic amines is 2. The third-order valence-electron chi connectivity index (χ3n) is 12.9. The first-order chi connectivity index (χ1) is 36.2. The van der Waals surface area contributed by atoms with Crippen LogP contribution in [0.2, 0.25) is 0 Å². The van der Waals surface area contributed by atoms with Gasteiger partial charge in [0.15, 0.2) is 35.1 Å². The van der Waals surface area contributed by atoms with Crippen LogP contribution in [0.15, 0.2) is 34.9 Å². The van der Waals surface area contributed by atoms with Crippen LogP contribution in [0.1, 0.15) is 31.5 Å². The molecule has 9 rings (SSSR count). The van der Waals surface area contributed by atoms with Gasteiger partial charge in [-0.3, -0.25) is 37.7 Å². The molecule has 6 aromatic heterocycles. The number of methoxy groups -OCH3 is 2. The molecule has 14 N–H and O–H groups in total. The average molecular weight is 1170 g/mol. The van der Waals surface area contributed by atoms with E-state index in [1.807, 2.05) is 0 Å². The summed E-state index contributed by atoms with van der Waals surface area (Å²) in [4.78, 5) is 100. The molecule has 0 amide bonds. The summed E-state index contributed by atoms with van der Waals surface area (Å²) in [6, 6.07) is 0. The molecule has 0 radical (unpaired) electrons. The highest BCUT2D eigenvalue weighted by Gasteiger charge is 2.54. The summed E-state index contributed by atoms with van der Waals surface area (Å²) in [7, 11) is -19.0. The number of H-pyrrole nitrogens is 2. The minimum absolute atomic E-state index is 0.00326. The second kappa shape index (κ2) is 21.5. The van der Waals surface area contributed by atoms with Crippen molar-refractivity contribution in [1.29, 1.82) is 0 Å². The quantitative estimate of drug-likeness (QED) is 0.0246. The summed E-state index contributed by atoms with van der Waals surface area (Å²) in [5, 5.41) is 33.5. The number of anilines is 3. The number of ether oxygens (including phenoxy) is 5. The monoisotopic (exact) mass is 1170 g/mol. The van der Waals surface area contributed by atoms with E-state index in [0.717, 1.165) is 30.7 Å². The van der Waals surface area contributed by atoms with Crippen LogP contribution in [0.5, 0.6) is 0 Å². The van der Waals surface area contributed by atoms with Gasteiger partial charge < -0.3 is 80.3 Å². The molecule has 3 aliphatic rings. The molecule has 41 heteroatoms. The van der Waals surface area contributed by atoms with Crippen molar-refractivity contribution >= 4 is 82.0 Å². The lowest BCUT2D eigenvalue weighted by Crippen LogP contribution is -2.40. The topological polar surface area (TPSA) is 536 Å². The number of aryl methyl sites for hydroxylation is 1. The molecule has 37 nitrogen and oxygen atoms in total. The fourth-order valence-electron chi connectivity index (χ4n) is 9.56. The van der Waals surface area contributed by atoms with Crippen molar-refractivity contribution < 1.29 is 99.1 Å². The van der Waals surface area contributed by atoms with E-state index in [4.69, 9.17) is 49.9 Å². The van der Waals surface area contributed by atoms with Gasteiger partial charge in [-0.1, -0.05) is 0 Å². The van der Waals surface area contributed by atoms with Crippen molar-refractivity contribution in [2.24, 2.45) is 13.0 Å². The van der Waals surface area contributed by atoms with Crippen LogP contribution in [-0.2, 0) is 66.7 Å². The number of nitrogen functional groups attached to an aromatic ring is 3. The van der Waals surface area contributed by atoms with Crippen LogP contribution in [-0.4, -0.2) is 172 Å². The van der Waals surface area contributed by atoms with Crippen LogP contribution >= 0.6 is 30.8 Å². The minimum Gasteiger partial charge on any atom is -0.799 e. The Morgan fingerprint density at radius 1 is 0.714 bits per heavy atom. The van der Waals surface area contributed by atoms with Crippen molar-refractivity contribution in [1.82, 2.24) is 53.6 Å². The normalized spacial score (nSPS) is 30.0. The van der Waals surface area contributed by atoms with Crippen molar-refractivity contribution in [3.05, 3.63) is 46.0 Å². The number of nitrogens with one attached hydrogen (secondary N) is 2. The standard InChI is InChI=1S/C36H51N15O22P4/c1-48-13-51(29-20(48)31(56)47-36(39)45-29)32-21(52)14(4-6-65-2)16(70-32)8-67-75(59,60)72-77(63,64)73-76(61,62)68-9-17-25(24(66-3)34(71-17)49-11-42-18-26(37)40-10-41-27(18)49)74(57,58)7-5-15-22(53)23(54)33(69-15)50-12-43-19-28(50)44-35(38)46-30(19)55/h10-17,21-25,32-34,52-54H,4-9H2,1-3H3,(H11-,37,38,39,40,41,44,45,46,47,55,56,57,58,59,60,61,62,63,64)/t14-,15-,16-,17-,21-,22-,23-,24-,25-,32-,33-,34-/m1/s1. The Bertz CT molecular complexity index is 3510. The molecular formula is C36H51N15O22P4. The predicted molar refractivity (Wildman–Crippen MR) is 253 cm³/mol. The molecule has 0 saturated carbocycles. The second-order valence-electron chi connectivity index (χ2n) is 17.8. The second-order valence-corrected chi connectivity index (χ2v) is 24.9. The summed E-state index contributed by atoms with van der Waals surface area (Å²) in [5.74, 6) is -1.56. The molecule has 0 bridgehead atoms. The number of rotatable bonds is 21. The van der Waals surface area contributed by atoms with Crippen molar-refractivity contribution in [2.75, 3.05) is 57.4 Å². The summed E-state index contributed by atoms with van der Waals surface area (Å²) < 4.78 is 107. The number of nitrogens with zero attached hydrogens (tertiary/aromatic N) is 10. The van der Waals surface area contributed by atoms with Gasteiger partial charge >= 0.3 is 29.0 Å². The SMILES string of the molecule is COCC[C@H]1[C@@H](O)[C@H](n2c[n+](C)c3c(=O)[nH]c(N)nc32)O[C@@H]1COP(=O)(O)OP(=O)(O)OP(=O)(O)OC[C@H]1O[C@@H](n2cnc3c(N)ncnc32)[C@H](OC)[C@@H]1P(=O)([O-])CC[C@H]1O[C@@H](n2cnc3c(=O)[nH]c(N)nc32)[C@H](O)[C@@H]1O. The number of aromatic nitrogens is 12. The molecule has 422 valence electrons. The number of hydrogen-bond donors (Lipinski definition) is 11. The number of nitrogens with two attached hydrogens (primary N) is 3. The molecule has 3 aliphatic heterocycles. The van der Waals surface area contributed by atoms with Gasteiger partial charge in [-0.25, -0.2) is 38.2 Å². The molecule has 0 aliphatic carbocycles. The number of aliphatic hydroxyl groups is 3. The molecular weight excluding hydrogens is 1120 g/mol. The lowest BCUT2D eigenvalue weighted by Gasteiger charge is -2.36. The van der Waals surface area contributed by atoms with E-state index in [2.05, 4.69) is 48.5 Å². The zero-order valence-corrected chi connectivity index (χ0v) is 43.8. The fourth-order valence-corrected chi connectivity index (χ4v) is 15.4. The lowest BCUT2D eigenvalue weighted by atomic mass is 9.95. The summed E-state index contributed by atoms with van der Waals surface area (Å²) >= 11 is 0. The third kappa shape index (κ3) is 11.3. The van der Waals surface area contributed by atoms with Gasteiger partial charge in [0.2, 0.25) is 24.5 Å². The van der Waals surface area contributed by atoms with Crippen molar-refractivity contribution in [3.8, 4) is 0 Å². The largest absolute Gasteiger partial charge is 0.799 e. The molecule has 3 saturated heterocycles. The average Bonchev–Trinajstić information content (AvgIpc) is 4.20. The Morgan fingerprint density at radius 2 is 1.30 bits per heavy atom. The Hall–Kier alpha value is -5.07. The highest BCUT2D eigenvalue weighted by atomic mass is 31.3. The molecule has 4 unspecified atom stereocenters. The van der Waals surface area contributed by atoms with E-state index in [0.29, 0.717) is 0 Å². The fraction of sp³-hybridized carbons (Fsp3) is 0.583. The Labute approximate surface area is 430 Å². The highest BCUT2D eigenvalue weighted by Crippen LogP contribution is 2.68. The van der Waals surface area contributed by atoms with Gasteiger partial charge in [0.1, 0.15) is 36.3 Å². The van der Waals surface area contributed by atoms with Crippen LogP contribution in [0.4, 0.5) is 17.7 Å². The van der Waals surface area contributed by atoms with E-state index in [9.17, 15) is 62.7 Å². The highest BCUT2D eigenvalue weighted by molar-refractivity contribution is 7.66. The molecule has 3 fully saturated rings. The molecule has 6 aromatic rings. The maximum absolute atomic E-state index is 14.5. The lowest BCUT2D eigenvalue weighted by molar-refractivity contribution is -0.646. The maximum Gasteiger partial charge on any atom is 0.490 e. The summed E-state index contributed by atoms with van der Waals surface area (Å²) in [5.41, 5.74) is 14.1. The van der Waals surface area contributed by atoms with Gasteiger partial charge in [0.25, 0.3) is 16.7 Å². The Balaban J connectivity index is 0.890. The van der Waals surface area contributed by atoms with Crippen molar-refractivity contribution in [3.63, 3.8) is 0 Å². The number of aliphatic hydroxyl groups excluding tert-OH is 3. The van der Waals surface area contributed by atoms with Gasteiger partial charge in [0, 0.05) is 34.1 Å². The van der Waals surface area contributed by atoms with E-state index in [-0.39, 0.29) is 64.2 Å². The summed E-state index contributed by atoms with van der Waals surface area (Å²) in [6.07, 6.45) is -11.7. The number of phosphoric ester groups is 2. The Kier molecular flexibility index (Phi) is 15.8. The first-order valence-electron chi connectivity index (χ1n) is 22.7. The van der Waals surface area contributed by atoms with Crippen LogP contribution in [0.3, 0.4) is 0 Å². The zero-order valence-electron chi connectivity index (χ0n) is 40.2. The minimum atomic E-state index is -6.18. The molecule has 0 spiro atoms. The smallest absolute Gasteiger partial charge is 0.490 e. The van der Waals surface area contributed by atoms with Gasteiger partial charge in [-0.05, 0) is 19.0 Å². The first kappa shape index (κ1) is 56.6. The van der Waals surface area contributed by atoms with E-state index < -0.39 is 141 Å². The zero-order chi connectivity index (χ0) is 55.7. The van der Waals surface area contributed by atoms with Gasteiger partial charge in [0.05, 0.1) is 56.9 Å². The van der Waals surface area contributed by atoms with Crippen LogP contribution in [0, 0.1) is 5.92 Å². The van der Waals surface area contributed by atoms with E-state index in [1.165, 1.54) is 34.2 Å². The number of phosphoric acid groups is 3. The molecule has 77 heavy (non-hydrogen) atoms. The van der Waals surface area contributed by atoms with E-state index >= 15 is 0 Å². The molecule has 0 aromatic carbocycles. The maximum atomic E-state index is 14.5. The first-order valence-corrected chi connectivity index (χ1v) is 29.0. The third-order valence-corrected chi connectivity index (χ3v) is 19.6. The number of hydrogen-bond acceptors (Lipinski definition) is 28. The van der Waals surface area contributed by atoms with Gasteiger partial charge in [-0.2, -0.15) is 23.2 Å². The predicted octanol–water partition coefficient (Wildman–Crippen LogP) is -3.52. The molecule has 9 heterocycles.